The average molecular weight is 287 g/mol. The van der Waals surface area contributed by atoms with Gasteiger partial charge >= 0.3 is 5.97 Å². The zero-order chi connectivity index (χ0) is 13.5. The van der Waals surface area contributed by atoms with Crippen molar-refractivity contribution in [3.63, 3.8) is 0 Å². The molecule has 0 bridgehead atoms. The molecule has 1 unspecified atom stereocenters. The molecule has 2 atom stereocenters. The molecule has 1 rings (SSSR count). The number of halogens is 1. The first-order chi connectivity index (χ1) is 8.56. The molecule has 106 valence electrons. The molecule has 0 fully saturated rings. The van der Waals surface area contributed by atoms with Gasteiger partial charge < -0.3 is 15.8 Å². The van der Waals surface area contributed by atoms with Crippen LogP contribution in [0.2, 0.25) is 0 Å². The largest absolute Gasteiger partial charge is 0.468 e. The minimum atomic E-state index is -0.598. The number of nitrogens with two attached hydrogens (primary N) is 1. The lowest BCUT2D eigenvalue weighted by molar-refractivity contribution is -0.142. The van der Waals surface area contributed by atoms with Crippen LogP contribution in [-0.2, 0) is 14.3 Å². The Morgan fingerprint density at radius 3 is 2.37 bits per heavy atom. The van der Waals surface area contributed by atoms with Crippen molar-refractivity contribution in [2.45, 2.75) is 18.9 Å². The zero-order valence-corrected chi connectivity index (χ0v) is 11.8. The Kier molecular flexibility index (Phi) is 7.79. The molecular formula is C13H19ClN2O3. The number of ether oxygens (including phenoxy) is 1. The highest BCUT2D eigenvalue weighted by atomic mass is 35.5. The third-order valence-electron chi connectivity index (χ3n) is 2.58. The van der Waals surface area contributed by atoms with Crippen LogP contribution >= 0.6 is 12.4 Å². The molecule has 0 saturated heterocycles. The fourth-order valence-corrected chi connectivity index (χ4v) is 1.53. The second-order valence-corrected chi connectivity index (χ2v) is 4.02. The summed E-state index contributed by atoms with van der Waals surface area (Å²) in [5, 5.41) is 2.63. The first-order valence-electron chi connectivity index (χ1n) is 5.72. The summed E-state index contributed by atoms with van der Waals surface area (Å²) in [6.07, 6.45) is 0. The minimum Gasteiger partial charge on any atom is -0.468 e. The van der Waals surface area contributed by atoms with Crippen LogP contribution in [0, 0.1) is 0 Å². The number of carbonyl (C=O) groups excluding carboxylic acids is 2. The Bertz CT molecular complexity index is 410. The van der Waals surface area contributed by atoms with Crippen molar-refractivity contribution in [3.05, 3.63) is 35.9 Å². The van der Waals surface area contributed by atoms with Crippen molar-refractivity contribution in [3.8, 4) is 0 Å². The predicted molar refractivity (Wildman–Crippen MR) is 75.1 cm³/mol. The maximum atomic E-state index is 11.7. The summed E-state index contributed by atoms with van der Waals surface area (Å²) in [5.74, 6) is -1.19. The van der Waals surface area contributed by atoms with E-state index in [2.05, 4.69) is 5.32 Å². The number of benzene rings is 1. The maximum Gasteiger partial charge on any atom is 0.314 e. The highest BCUT2D eigenvalue weighted by Crippen LogP contribution is 2.16. The standard InChI is InChI=1S/C13H18N2O3.ClH/c1-9(14)12(16)15-8-11(13(17)18-2)10-6-4-3-5-7-10;/h3-7,9,11H,8,14H2,1-2H3,(H,15,16);1H/t9-,11?;/m1./s1. The molecule has 0 aromatic heterocycles. The Balaban J connectivity index is 0.00000324. The van der Waals surface area contributed by atoms with E-state index in [-0.39, 0.29) is 30.8 Å². The molecule has 5 nitrogen and oxygen atoms in total. The second-order valence-electron chi connectivity index (χ2n) is 4.02. The van der Waals surface area contributed by atoms with Gasteiger partial charge in [0.05, 0.1) is 19.1 Å². The van der Waals surface area contributed by atoms with Gasteiger partial charge in [-0.05, 0) is 12.5 Å². The van der Waals surface area contributed by atoms with Gasteiger partial charge in [-0.3, -0.25) is 9.59 Å². The van der Waals surface area contributed by atoms with Crippen molar-refractivity contribution in [2.75, 3.05) is 13.7 Å². The summed E-state index contributed by atoms with van der Waals surface area (Å²) in [4.78, 5) is 23.1. The number of carbonyl (C=O) groups is 2. The summed E-state index contributed by atoms with van der Waals surface area (Å²) in [6, 6.07) is 8.56. The molecule has 0 saturated carbocycles. The van der Waals surface area contributed by atoms with E-state index < -0.39 is 12.0 Å². The first-order valence-corrected chi connectivity index (χ1v) is 5.72. The van der Waals surface area contributed by atoms with E-state index in [1.165, 1.54) is 7.11 Å². The number of amides is 1. The maximum absolute atomic E-state index is 11.7. The molecule has 6 heteroatoms. The lowest BCUT2D eigenvalue weighted by Gasteiger charge is -2.16. The van der Waals surface area contributed by atoms with Gasteiger partial charge in [0.1, 0.15) is 0 Å². The molecule has 19 heavy (non-hydrogen) atoms. The number of methoxy groups -OCH3 is 1. The van der Waals surface area contributed by atoms with Gasteiger partial charge in [-0.2, -0.15) is 0 Å². The SMILES string of the molecule is COC(=O)C(CNC(=O)[C@@H](C)N)c1ccccc1.Cl. The molecule has 0 aliphatic heterocycles. The van der Waals surface area contributed by atoms with E-state index in [9.17, 15) is 9.59 Å². The van der Waals surface area contributed by atoms with Crippen LogP contribution in [0.3, 0.4) is 0 Å². The highest BCUT2D eigenvalue weighted by Gasteiger charge is 2.22. The van der Waals surface area contributed by atoms with Gasteiger partial charge in [0.15, 0.2) is 0 Å². The Labute approximate surface area is 118 Å². The van der Waals surface area contributed by atoms with Gasteiger partial charge in [0.25, 0.3) is 0 Å². The molecule has 1 amide bonds. The normalized spacial score (nSPS) is 12.8. The van der Waals surface area contributed by atoms with Gasteiger partial charge in [-0.1, -0.05) is 30.3 Å². The van der Waals surface area contributed by atoms with Crippen LogP contribution in [0.25, 0.3) is 0 Å². The van der Waals surface area contributed by atoms with E-state index in [0.717, 1.165) is 5.56 Å². The summed E-state index contributed by atoms with van der Waals surface area (Å²) in [5.41, 5.74) is 6.24. The average Bonchev–Trinajstić information content (AvgIpc) is 2.39. The van der Waals surface area contributed by atoms with E-state index >= 15 is 0 Å². The van der Waals surface area contributed by atoms with Crippen molar-refractivity contribution in [1.29, 1.82) is 0 Å². The topological polar surface area (TPSA) is 81.4 Å². The molecule has 3 N–H and O–H groups in total. The molecule has 0 heterocycles. The fourth-order valence-electron chi connectivity index (χ4n) is 1.53. The fraction of sp³-hybridized carbons (Fsp3) is 0.385. The number of hydrogen-bond donors (Lipinski definition) is 2. The number of hydrogen-bond acceptors (Lipinski definition) is 4. The smallest absolute Gasteiger partial charge is 0.314 e. The van der Waals surface area contributed by atoms with Crippen LogP contribution in [0.1, 0.15) is 18.4 Å². The number of esters is 1. The first kappa shape index (κ1) is 17.4. The quantitative estimate of drug-likeness (QED) is 0.786. The van der Waals surface area contributed by atoms with Crippen molar-refractivity contribution >= 4 is 24.3 Å². The molecular weight excluding hydrogens is 268 g/mol. The van der Waals surface area contributed by atoms with Crippen molar-refractivity contribution in [1.82, 2.24) is 5.32 Å². The van der Waals surface area contributed by atoms with Crippen LogP contribution in [0.4, 0.5) is 0 Å². The third kappa shape index (κ3) is 5.28. The predicted octanol–water partition coefficient (Wildman–Crippen LogP) is 0.828. The third-order valence-corrected chi connectivity index (χ3v) is 2.58. The molecule has 1 aromatic rings. The van der Waals surface area contributed by atoms with Crippen LogP contribution < -0.4 is 11.1 Å². The summed E-state index contributed by atoms with van der Waals surface area (Å²) < 4.78 is 4.74. The second kappa shape index (κ2) is 8.50. The summed E-state index contributed by atoms with van der Waals surface area (Å²) in [7, 11) is 1.33. The molecule has 0 aliphatic rings. The van der Waals surface area contributed by atoms with E-state index in [4.69, 9.17) is 10.5 Å². The van der Waals surface area contributed by atoms with Crippen LogP contribution in [-0.4, -0.2) is 31.6 Å². The van der Waals surface area contributed by atoms with Gasteiger partial charge in [-0.25, -0.2) is 0 Å². The van der Waals surface area contributed by atoms with Gasteiger partial charge in [-0.15, -0.1) is 12.4 Å². The van der Waals surface area contributed by atoms with E-state index in [1.54, 1.807) is 6.92 Å². The number of rotatable bonds is 5. The minimum absolute atomic E-state index is 0. The summed E-state index contributed by atoms with van der Waals surface area (Å²) >= 11 is 0. The number of nitrogens with one attached hydrogen (secondary N) is 1. The lowest BCUT2D eigenvalue weighted by Crippen LogP contribution is -2.41. The zero-order valence-electron chi connectivity index (χ0n) is 11.0. The Morgan fingerprint density at radius 1 is 1.32 bits per heavy atom. The molecule has 0 spiro atoms. The molecule has 1 aromatic carbocycles. The van der Waals surface area contributed by atoms with E-state index in [0.29, 0.717) is 0 Å². The van der Waals surface area contributed by atoms with E-state index in [1.807, 2.05) is 30.3 Å². The molecule has 0 aliphatic carbocycles. The summed E-state index contributed by atoms with van der Waals surface area (Å²) in [6.45, 7) is 1.77. The van der Waals surface area contributed by atoms with Crippen molar-refractivity contribution < 1.29 is 14.3 Å². The lowest BCUT2D eigenvalue weighted by atomic mass is 9.99. The van der Waals surface area contributed by atoms with Gasteiger partial charge in [0.2, 0.25) is 5.91 Å². The van der Waals surface area contributed by atoms with Crippen molar-refractivity contribution in [2.24, 2.45) is 5.73 Å². The highest BCUT2D eigenvalue weighted by molar-refractivity contribution is 5.85. The monoisotopic (exact) mass is 286 g/mol. The van der Waals surface area contributed by atoms with Crippen LogP contribution in [0.15, 0.2) is 30.3 Å². The van der Waals surface area contributed by atoms with Gasteiger partial charge in [0, 0.05) is 6.54 Å². The van der Waals surface area contributed by atoms with Crippen LogP contribution in [0.5, 0.6) is 0 Å². The Morgan fingerprint density at radius 2 is 1.89 bits per heavy atom. The molecule has 0 radical (unpaired) electrons. The Hall–Kier alpha value is -1.59.